The number of hydrogen-bond donors (Lipinski definition) is 5. The van der Waals surface area contributed by atoms with Gasteiger partial charge >= 0.3 is 0 Å². The number of benzene rings is 3. The number of piperazine rings is 1. The second-order valence-electron chi connectivity index (χ2n) is 20.9. The maximum atomic E-state index is 14.1. The van der Waals surface area contributed by atoms with Crippen molar-refractivity contribution in [2.45, 2.75) is 104 Å². The number of aromatic nitrogens is 4. The predicted molar refractivity (Wildman–Crippen MR) is 303 cm³/mol. The molecule has 2 aliphatic rings. The van der Waals surface area contributed by atoms with E-state index in [0.717, 1.165) is 40.2 Å². The van der Waals surface area contributed by atoms with Crippen molar-refractivity contribution in [2.24, 2.45) is 5.41 Å². The van der Waals surface area contributed by atoms with Crippen LogP contribution in [-0.2, 0) is 30.5 Å². The molecule has 0 unspecified atom stereocenters. The lowest BCUT2D eigenvalue weighted by Crippen LogP contribution is -2.57. The maximum absolute atomic E-state index is 14.1. The zero-order valence-corrected chi connectivity index (χ0v) is 46.0. The van der Waals surface area contributed by atoms with Gasteiger partial charge < -0.3 is 45.8 Å². The number of likely N-dealkylation sites (tertiary alicyclic amines) is 1. The maximum Gasteiger partial charge on any atom is 0.257 e. The number of methoxy groups -OCH3 is 1. The minimum Gasteiger partial charge on any atom is -0.494 e. The molecule has 5 amide bonds. The summed E-state index contributed by atoms with van der Waals surface area (Å²) in [6, 6.07) is 20.3. The van der Waals surface area contributed by atoms with Gasteiger partial charge in [0.25, 0.3) is 5.56 Å². The Hall–Kier alpha value is -7.97. The van der Waals surface area contributed by atoms with Crippen molar-refractivity contribution in [1.82, 2.24) is 40.0 Å². The third-order valence-electron chi connectivity index (χ3n) is 14.2. The average Bonchev–Trinajstić information content (AvgIpc) is 4.08. The number of unbranched alkanes of at least 4 members (excludes halogenated alkanes) is 3. The molecule has 3 aromatic carbocycles. The van der Waals surface area contributed by atoms with Gasteiger partial charge in [-0.1, -0.05) is 70.5 Å². The first kappa shape index (κ1) is 56.2. The van der Waals surface area contributed by atoms with Crippen molar-refractivity contribution in [2.75, 3.05) is 55.4 Å². The molecule has 2 fully saturated rings. The summed E-state index contributed by atoms with van der Waals surface area (Å²) in [5.74, 6) is -0.512. The van der Waals surface area contributed by atoms with E-state index in [1.165, 1.54) is 21.6 Å². The Balaban J connectivity index is 0.770. The van der Waals surface area contributed by atoms with Crippen molar-refractivity contribution < 1.29 is 33.8 Å². The van der Waals surface area contributed by atoms with Crippen LogP contribution >= 0.6 is 11.3 Å². The minimum atomic E-state index is -0.909. The number of fused-ring (bicyclic) bond motifs is 1. The van der Waals surface area contributed by atoms with Crippen molar-refractivity contribution in [3.8, 4) is 21.9 Å². The molecule has 8 rings (SSSR count). The van der Waals surface area contributed by atoms with Crippen LogP contribution in [0.15, 0.2) is 102 Å². The number of aliphatic hydroxyl groups is 1. The number of anilines is 4. The molecule has 3 atom stereocenters. The highest BCUT2D eigenvalue weighted by Gasteiger charge is 2.44. The first-order valence-corrected chi connectivity index (χ1v) is 27.2. The zero-order chi connectivity index (χ0) is 55.7. The summed E-state index contributed by atoms with van der Waals surface area (Å²) in [6.45, 7) is 15.5. The van der Waals surface area contributed by atoms with Crippen LogP contribution in [0.5, 0.6) is 5.75 Å². The molecule has 78 heavy (non-hydrogen) atoms. The quantitative estimate of drug-likeness (QED) is 0.0377. The Morgan fingerprint density at radius 3 is 2.35 bits per heavy atom. The van der Waals surface area contributed by atoms with E-state index in [1.807, 2.05) is 87.5 Å². The number of amides is 5. The highest BCUT2D eigenvalue weighted by molar-refractivity contribution is 7.13. The van der Waals surface area contributed by atoms with E-state index in [9.17, 15) is 33.9 Å². The molecule has 5 heterocycles. The first-order chi connectivity index (χ1) is 37.4. The van der Waals surface area contributed by atoms with Crippen LogP contribution in [-0.4, -0.2) is 122 Å². The van der Waals surface area contributed by atoms with E-state index in [1.54, 1.807) is 48.9 Å². The van der Waals surface area contributed by atoms with Crippen LogP contribution in [0, 0.1) is 19.3 Å². The molecular weight excluding hydrogens is 1010 g/mol. The van der Waals surface area contributed by atoms with Crippen molar-refractivity contribution in [1.29, 1.82) is 0 Å². The van der Waals surface area contributed by atoms with Gasteiger partial charge in [-0.05, 0) is 85.2 Å². The van der Waals surface area contributed by atoms with E-state index >= 15 is 0 Å². The Morgan fingerprint density at radius 2 is 1.65 bits per heavy atom. The van der Waals surface area contributed by atoms with Crippen LogP contribution in [0.2, 0.25) is 0 Å². The molecule has 2 aliphatic heterocycles. The highest BCUT2D eigenvalue weighted by Crippen LogP contribution is 2.33. The van der Waals surface area contributed by atoms with Gasteiger partial charge in [-0.25, -0.2) is 9.97 Å². The molecule has 0 radical (unpaired) electrons. The number of pyridine rings is 1. The monoisotopic (exact) mass is 1080 g/mol. The number of carbonyl (C=O) groups is 5. The van der Waals surface area contributed by atoms with Gasteiger partial charge in [-0.2, -0.15) is 4.98 Å². The number of rotatable bonds is 20. The molecule has 0 spiro atoms. The SMILES string of the molecule is C=CC(=O)Nc1cccc(-n2c(=O)cc(C)c3cnc(Nc4ccc(N5CCN(C(=O)CCCCCCC(=O)N[C@H](C(=O)N6C[C@H](O)C[C@H]6C(=O)NCc6ccc(-c7scnc7C)cc6)C(C)(C)C)CC5)cc4OC)nc32)c1. The first-order valence-electron chi connectivity index (χ1n) is 26.4. The summed E-state index contributed by atoms with van der Waals surface area (Å²) in [5, 5.41) is 23.2. The molecule has 0 bridgehead atoms. The Labute approximate surface area is 458 Å². The van der Waals surface area contributed by atoms with Gasteiger partial charge in [0.2, 0.25) is 35.5 Å². The van der Waals surface area contributed by atoms with Gasteiger partial charge in [-0.15, -0.1) is 11.3 Å². The van der Waals surface area contributed by atoms with E-state index in [0.29, 0.717) is 84.9 Å². The van der Waals surface area contributed by atoms with Crippen LogP contribution < -0.4 is 36.5 Å². The van der Waals surface area contributed by atoms with Crippen LogP contribution in [0.25, 0.3) is 27.2 Å². The van der Waals surface area contributed by atoms with Crippen molar-refractivity contribution >= 4 is 74.9 Å². The van der Waals surface area contributed by atoms with Gasteiger partial charge in [0, 0.05) is 93.6 Å². The molecule has 410 valence electrons. The lowest BCUT2D eigenvalue weighted by Gasteiger charge is -2.36. The lowest BCUT2D eigenvalue weighted by atomic mass is 9.85. The average molecular weight is 1080 g/mol. The largest absolute Gasteiger partial charge is 0.494 e. The number of nitrogens with zero attached hydrogens (tertiary/aromatic N) is 7. The fraction of sp³-hybridized carbons (Fsp3) is 0.397. The van der Waals surface area contributed by atoms with Gasteiger partial charge in [0.15, 0.2) is 5.65 Å². The van der Waals surface area contributed by atoms with Crippen LogP contribution in [0.1, 0.15) is 82.5 Å². The number of aryl methyl sites for hydroxylation is 2. The molecular formula is C58H69N11O8S. The molecule has 0 aliphatic carbocycles. The minimum absolute atomic E-state index is 0.00230. The molecule has 19 nitrogen and oxygen atoms in total. The Bertz CT molecular complexity index is 3240. The zero-order valence-electron chi connectivity index (χ0n) is 45.1. The summed E-state index contributed by atoms with van der Waals surface area (Å²) in [7, 11) is 1.58. The van der Waals surface area contributed by atoms with Crippen molar-refractivity contribution in [3.63, 3.8) is 0 Å². The van der Waals surface area contributed by atoms with E-state index < -0.39 is 29.5 Å². The Kier molecular flexibility index (Phi) is 18.0. The smallest absolute Gasteiger partial charge is 0.257 e. The van der Waals surface area contributed by atoms with E-state index in [-0.39, 0.29) is 61.1 Å². The Morgan fingerprint density at radius 1 is 0.910 bits per heavy atom. The number of aliphatic hydroxyl groups excluding tert-OH is 1. The summed E-state index contributed by atoms with van der Waals surface area (Å²) in [4.78, 5) is 99.9. The topological polar surface area (TPSA) is 233 Å². The summed E-state index contributed by atoms with van der Waals surface area (Å²) >= 11 is 1.57. The van der Waals surface area contributed by atoms with Crippen molar-refractivity contribution in [3.05, 3.63) is 124 Å². The summed E-state index contributed by atoms with van der Waals surface area (Å²) in [6.07, 6.45) is 5.48. The molecule has 0 saturated carbocycles. The van der Waals surface area contributed by atoms with Gasteiger partial charge in [0.05, 0.1) is 40.7 Å². The third kappa shape index (κ3) is 13.6. The lowest BCUT2D eigenvalue weighted by molar-refractivity contribution is -0.144. The van der Waals surface area contributed by atoms with Gasteiger partial charge in [0.1, 0.15) is 17.8 Å². The van der Waals surface area contributed by atoms with Crippen LogP contribution in [0.4, 0.5) is 23.0 Å². The van der Waals surface area contributed by atoms with Crippen LogP contribution in [0.3, 0.4) is 0 Å². The predicted octanol–water partition coefficient (Wildman–Crippen LogP) is 7.20. The second kappa shape index (κ2) is 25.0. The number of β-amino-alcohol motifs (C(OH)–C–C–N with tert-alkyl or cyclic N) is 1. The molecule has 6 aromatic rings. The number of ether oxygens (including phenoxy) is 1. The standard InChI is InChI=1S/C58H69N11O8S/c1-8-48(71)62-40-14-13-15-42(29-40)69-51(74)28-36(2)44-33-60-57(65-54(44)69)63-45-23-22-41(30-47(45)77-7)66-24-26-67(27-25-66)50(73)17-12-10-9-11-16-49(72)64-53(58(4,5)6)56(76)68-34-43(70)31-46(68)55(75)59-32-38-18-20-39(21-19-38)52-37(3)61-35-78-52/h8,13-15,18-23,28-30,33,35,43,46,53,70H,1,9-12,16-17,24-27,31-32,34H2,2-7H3,(H,59,75)(H,62,71)(H,64,72)(H,60,63,65)/t43-,46+,53-/m1/s1. The molecule has 2 saturated heterocycles. The summed E-state index contributed by atoms with van der Waals surface area (Å²) < 4.78 is 7.28. The highest BCUT2D eigenvalue weighted by atomic mass is 32.1. The molecule has 5 N–H and O–H groups in total. The fourth-order valence-electron chi connectivity index (χ4n) is 9.88. The fourth-order valence-corrected chi connectivity index (χ4v) is 10.7. The second-order valence-corrected chi connectivity index (χ2v) is 21.8. The number of carbonyl (C=O) groups excluding carboxylic acids is 5. The number of nitrogens with one attached hydrogen (secondary N) is 4. The van der Waals surface area contributed by atoms with E-state index in [2.05, 4.69) is 42.7 Å². The third-order valence-corrected chi connectivity index (χ3v) is 15.2. The number of thiazole rings is 1. The summed E-state index contributed by atoms with van der Waals surface area (Å²) in [5.41, 5.74) is 7.40. The van der Waals surface area contributed by atoms with E-state index in [4.69, 9.17) is 9.72 Å². The molecule has 20 heteroatoms. The van der Waals surface area contributed by atoms with Gasteiger partial charge in [-0.3, -0.25) is 33.3 Å². The normalized spacial score (nSPS) is 15.9. The number of hydrogen-bond acceptors (Lipinski definition) is 14. The molecule has 3 aromatic heterocycles.